The van der Waals surface area contributed by atoms with Crippen molar-refractivity contribution < 1.29 is 0 Å². The van der Waals surface area contributed by atoms with Gasteiger partial charge in [-0.05, 0) is 35.9 Å². The largest absolute Gasteiger partial charge is 0.326 e. The van der Waals surface area contributed by atoms with Crippen LogP contribution in [0.15, 0.2) is 24.3 Å². The van der Waals surface area contributed by atoms with Crippen molar-refractivity contribution in [1.82, 2.24) is 5.32 Å². The van der Waals surface area contributed by atoms with Crippen LogP contribution in [0.5, 0.6) is 0 Å². The maximum absolute atomic E-state index is 5.68. The fourth-order valence-electron chi connectivity index (χ4n) is 2.72. The lowest BCUT2D eigenvalue weighted by Crippen LogP contribution is -2.24. The predicted molar refractivity (Wildman–Crippen MR) is 78.8 cm³/mol. The average molecular weight is 260 g/mol. The van der Waals surface area contributed by atoms with E-state index in [1.165, 1.54) is 46.2 Å². The van der Waals surface area contributed by atoms with Crippen molar-refractivity contribution in [3.8, 4) is 0 Å². The third-order valence-corrected chi connectivity index (χ3v) is 4.89. The van der Waals surface area contributed by atoms with Crippen molar-refractivity contribution in [3.63, 3.8) is 0 Å². The zero-order valence-corrected chi connectivity index (χ0v) is 11.4. The molecule has 96 valence electrons. The van der Waals surface area contributed by atoms with E-state index < -0.39 is 0 Å². The van der Waals surface area contributed by atoms with Gasteiger partial charge in [0.1, 0.15) is 0 Å². The van der Waals surface area contributed by atoms with Gasteiger partial charge in [-0.25, -0.2) is 0 Å². The number of hydrogen-bond acceptors (Lipinski definition) is 3. The number of nitrogens with two attached hydrogens (primary N) is 1. The molecule has 1 heterocycles. The Morgan fingerprint density at radius 1 is 1.22 bits per heavy atom. The minimum Gasteiger partial charge on any atom is -0.326 e. The average Bonchev–Trinajstić information content (AvgIpc) is 3.04. The zero-order chi connectivity index (χ0) is 12.4. The third-order valence-electron chi connectivity index (χ3n) is 3.79. The highest BCUT2D eigenvalue weighted by atomic mass is 32.1. The van der Waals surface area contributed by atoms with Gasteiger partial charge in [0.25, 0.3) is 0 Å². The summed E-state index contributed by atoms with van der Waals surface area (Å²) in [4.78, 5) is 1.44. The molecule has 1 aromatic heterocycles. The molecule has 0 spiro atoms. The smallest absolute Gasteiger partial charge is 0.0349 e. The summed E-state index contributed by atoms with van der Waals surface area (Å²) in [6.07, 6.45) is 5.48. The van der Waals surface area contributed by atoms with Gasteiger partial charge in [0.15, 0.2) is 0 Å². The summed E-state index contributed by atoms with van der Waals surface area (Å²) in [7, 11) is 0. The molecule has 2 aromatic rings. The van der Waals surface area contributed by atoms with Gasteiger partial charge in [0, 0.05) is 28.7 Å². The summed E-state index contributed by atoms with van der Waals surface area (Å²) in [6.45, 7) is 1.64. The summed E-state index contributed by atoms with van der Waals surface area (Å²) >= 11 is 1.89. The molecule has 2 nitrogen and oxygen atoms in total. The first-order valence-electron chi connectivity index (χ1n) is 6.80. The van der Waals surface area contributed by atoms with E-state index in [1.54, 1.807) is 0 Å². The highest BCUT2D eigenvalue weighted by molar-refractivity contribution is 7.19. The van der Waals surface area contributed by atoms with Crippen LogP contribution < -0.4 is 11.1 Å². The Morgan fingerprint density at radius 3 is 2.83 bits per heavy atom. The van der Waals surface area contributed by atoms with Crippen LogP contribution in [-0.4, -0.2) is 6.04 Å². The molecule has 0 amide bonds. The van der Waals surface area contributed by atoms with E-state index in [9.17, 15) is 0 Å². The second-order valence-corrected chi connectivity index (χ2v) is 6.32. The van der Waals surface area contributed by atoms with Gasteiger partial charge in [0.05, 0.1) is 0 Å². The molecule has 1 aliphatic carbocycles. The predicted octanol–water partition coefficient (Wildman–Crippen LogP) is 3.39. The molecule has 0 saturated heterocycles. The fraction of sp³-hybridized carbons (Fsp3) is 0.467. The van der Waals surface area contributed by atoms with Gasteiger partial charge in [-0.1, -0.05) is 25.0 Å². The van der Waals surface area contributed by atoms with E-state index in [-0.39, 0.29) is 0 Å². The monoisotopic (exact) mass is 260 g/mol. The molecule has 1 saturated carbocycles. The molecule has 0 bridgehead atoms. The van der Waals surface area contributed by atoms with Crippen molar-refractivity contribution in [1.29, 1.82) is 0 Å². The Kier molecular flexibility index (Phi) is 3.64. The van der Waals surface area contributed by atoms with E-state index in [0.29, 0.717) is 6.54 Å². The highest BCUT2D eigenvalue weighted by Crippen LogP contribution is 2.27. The Bertz CT molecular complexity index is 526. The van der Waals surface area contributed by atoms with Crippen LogP contribution in [0.3, 0.4) is 0 Å². The molecule has 3 heteroatoms. The van der Waals surface area contributed by atoms with E-state index in [1.807, 2.05) is 11.3 Å². The highest BCUT2D eigenvalue weighted by Gasteiger charge is 2.14. The number of hydrogen-bond donors (Lipinski definition) is 2. The first kappa shape index (κ1) is 12.2. The Morgan fingerprint density at radius 2 is 2.06 bits per heavy atom. The van der Waals surface area contributed by atoms with E-state index in [0.717, 1.165) is 12.6 Å². The van der Waals surface area contributed by atoms with Crippen LogP contribution in [0.1, 0.15) is 36.1 Å². The number of nitrogens with one attached hydrogen (secondary N) is 1. The Hall–Kier alpha value is -0.900. The summed E-state index contributed by atoms with van der Waals surface area (Å²) in [5, 5.41) is 5.02. The summed E-state index contributed by atoms with van der Waals surface area (Å²) in [5.74, 6) is 0. The van der Waals surface area contributed by atoms with Gasteiger partial charge in [-0.3, -0.25) is 0 Å². The first-order valence-corrected chi connectivity index (χ1v) is 7.61. The van der Waals surface area contributed by atoms with E-state index in [4.69, 9.17) is 5.73 Å². The van der Waals surface area contributed by atoms with Crippen molar-refractivity contribution in [2.75, 3.05) is 0 Å². The lowest BCUT2D eigenvalue weighted by molar-refractivity contribution is 0.527. The van der Waals surface area contributed by atoms with Gasteiger partial charge in [-0.2, -0.15) is 0 Å². The SMILES string of the molecule is NCc1ccc2cc(CNC3CCCC3)sc2c1. The number of benzene rings is 1. The lowest BCUT2D eigenvalue weighted by atomic mass is 10.2. The number of thiophene rings is 1. The Balaban J connectivity index is 1.72. The number of fused-ring (bicyclic) bond motifs is 1. The minimum absolute atomic E-state index is 0.628. The van der Waals surface area contributed by atoms with Crippen LogP contribution in [0, 0.1) is 0 Å². The molecule has 18 heavy (non-hydrogen) atoms. The number of rotatable bonds is 4. The standard InChI is InChI=1S/C15H20N2S/c16-9-11-5-6-12-8-14(18-15(12)7-11)10-17-13-3-1-2-4-13/h5-8,13,17H,1-4,9-10,16H2. The summed E-state index contributed by atoms with van der Waals surface area (Å²) in [5.41, 5.74) is 6.90. The van der Waals surface area contributed by atoms with Crippen molar-refractivity contribution in [2.24, 2.45) is 5.73 Å². The quantitative estimate of drug-likeness (QED) is 0.884. The topological polar surface area (TPSA) is 38.0 Å². The van der Waals surface area contributed by atoms with Crippen LogP contribution in [0.2, 0.25) is 0 Å². The Labute approximate surface area is 112 Å². The summed E-state index contributed by atoms with van der Waals surface area (Å²) < 4.78 is 1.36. The molecule has 0 unspecified atom stereocenters. The normalized spacial score (nSPS) is 16.7. The van der Waals surface area contributed by atoms with Gasteiger partial charge in [-0.15, -0.1) is 11.3 Å². The van der Waals surface area contributed by atoms with Crippen molar-refractivity contribution in [2.45, 2.75) is 44.8 Å². The van der Waals surface area contributed by atoms with Crippen molar-refractivity contribution in [3.05, 3.63) is 34.7 Å². The van der Waals surface area contributed by atoms with Crippen LogP contribution >= 0.6 is 11.3 Å². The zero-order valence-electron chi connectivity index (χ0n) is 10.6. The molecule has 3 rings (SSSR count). The maximum atomic E-state index is 5.68. The van der Waals surface area contributed by atoms with Crippen LogP contribution in [0.25, 0.3) is 10.1 Å². The third kappa shape index (κ3) is 2.58. The molecule has 1 aliphatic rings. The van der Waals surface area contributed by atoms with Crippen LogP contribution in [0.4, 0.5) is 0 Å². The summed E-state index contributed by atoms with van der Waals surface area (Å²) in [6, 6.07) is 9.59. The first-order chi connectivity index (χ1) is 8.85. The van der Waals surface area contributed by atoms with Gasteiger partial charge in [0.2, 0.25) is 0 Å². The minimum atomic E-state index is 0.628. The fourth-order valence-corrected chi connectivity index (χ4v) is 3.80. The molecular formula is C15H20N2S. The lowest BCUT2D eigenvalue weighted by Gasteiger charge is -2.09. The van der Waals surface area contributed by atoms with Crippen LogP contribution in [-0.2, 0) is 13.1 Å². The second kappa shape index (κ2) is 5.39. The van der Waals surface area contributed by atoms with Gasteiger partial charge >= 0.3 is 0 Å². The van der Waals surface area contributed by atoms with Crippen molar-refractivity contribution >= 4 is 21.4 Å². The van der Waals surface area contributed by atoms with E-state index >= 15 is 0 Å². The molecular weight excluding hydrogens is 240 g/mol. The van der Waals surface area contributed by atoms with E-state index in [2.05, 4.69) is 29.6 Å². The molecule has 1 fully saturated rings. The molecule has 3 N–H and O–H groups in total. The molecule has 0 radical (unpaired) electrons. The van der Waals surface area contributed by atoms with Gasteiger partial charge < -0.3 is 11.1 Å². The molecule has 0 atom stereocenters. The second-order valence-electron chi connectivity index (χ2n) is 5.15. The molecule has 0 aliphatic heterocycles. The molecule has 1 aromatic carbocycles. The maximum Gasteiger partial charge on any atom is 0.0349 e.